The molecule has 1 aliphatic carbocycles. The van der Waals surface area contributed by atoms with Crippen molar-refractivity contribution < 1.29 is 12.8 Å². The Morgan fingerprint density at radius 2 is 2.00 bits per heavy atom. The Morgan fingerprint density at radius 1 is 1.19 bits per heavy atom. The fourth-order valence-corrected chi connectivity index (χ4v) is 4.08. The van der Waals surface area contributed by atoms with Crippen molar-refractivity contribution in [1.29, 1.82) is 0 Å². The third-order valence-electron chi connectivity index (χ3n) is 4.14. The molecule has 1 aliphatic rings. The molecule has 0 radical (unpaired) electrons. The first kappa shape index (κ1) is 14.4. The summed E-state index contributed by atoms with van der Waals surface area (Å²) in [5.41, 5.74) is 3.03. The van der Waals surface area contributed by atoms with E-state index in [0.717, 1.165) is 41.7 Å². The molecule has 1 heterocycles. The van der Waals surface area contributed by atoms with Gasteiger partial charge in [-0.05, 0) is 56.0 Å². The standard InChI is InChI=1S/C16H19NO3S/c1-11-6-7-13(10-12(11)2)21(18,19)17-15-4-3-5-16-14(15)8-9-20-16/h6-10,15,17H,3-5H2,1-2H3/t15-/m0/s1. The van der Waals surface area contributed by atoms with Gasteiger partial charge in [-0.1, -0.05) is 6.07 Å². The first-order chi connectivity index (χ1) is 9.97. The van der Waals surface area contributed by atoms with Gasteiger partial charge in [0.15, 0.2) is 0 Å². The second-order valence-electron chi connectivity index (χ2n) is 5.61. The fraction of sp³-hybridized carbons (Fsp3) is 0.375. The van der Waals surface area contributed by atoms with E-state index in [1.165, 1.54) is 0 Å². The minimum Gasteiger partial charge on any atom is -0.469 e. The highest BCUT2D eigenvalue weighted by Gasteiger charge is 2.27. The van der Waals surface area contributed by atoms with Crippen LogP contribution in [0.1, 0.15) is 41.3 Å². The Hall–Kier alpha value is -1.59. The topological polar surface area (TPSA) is 59.3 Å². The highest BCUT2D eigenvalue weighted by atomic mass is 32.2. The monoisotopic (exact) mass is 305 g/mol. The van der Waals surface area contributed by atoms with Gasteiger partial charge in [0.2, 0.25) is 10.0 Å². The summed E-state index contributed by atoms with van der Waals surface area (Å²) in [7, 11) is -3.51. The van der Waals surface area contributed by atoms with E-state index in [9.17, 15) is 8.42 Å². The van der Waals surface area contributed by atoms with Gasteiger partial charge in [0.05, 0.1) is 17.2 Å². The second-order valence-corrected chi connectivity index (χ2v) is 7.33. The number of hydrogen-bond donors (Lipinski definition) is 1. The summed E-state index contributed by atoms with van der Waals surface area (Å²) in [5, 5.41) is 0. The van der Waals surface area contributed by atoms with Crippen molar-refractivity contribution in [2.24, 2.45) is 0 Å². The van der Waals surface area contributed by atoms with Crippen LogP contribution in [0.25, 0.3) is 0 Å². The van der Waals surface area contributed by atoms with Crippen LogP contribution in [0.2, 0.25) is 0 Å². The minimum atomic E-state index is -3.51. The molecule has 0 spiro atoms. The van der Waals surface area contributed by atoms with Gasteiger partial charge in [0.1, 0.15) is 5.76 Å². The predicted molar refractivity (Wildman–Crippen MR) is 80.6 cm³/mol. The summed E-state index contributed by atoms with van der Waals surface area (Å²) in [6.45, 7) is 3.89. The number of furan rings is 1. The van der Waals surface area contributed by atoms with Crippen LogP contribution in [0, 0.1) is 13.8 Å². The normalized spacial score (nSPS) is 18.5. The summed E-state index contributed by atoms with van der Waals surface area (Å²) in [6.07, 6.45) is 4.24. The van der Waals surface area contributed by atoms with Gasteiger partial charge in [0, 0.05) is 12.0 Å². The number of sulfonamides is 1. The van der Waals surface area contributed by atoms with Crippen LogP contribution in [-0.4, -0.2) is 8.42 Å². The zero-order valence-electron chi connectivity index (χ0n) is 12.2. The number of aryl methyl sites for hydroxylation is 3. The summed E-state index contributed by atoms with van der Waals surface area (Å²) in [5.74, 6) is 0.897. The number of rotatable bonds is 3. The van der Waals surface area contributed by atoms with Crippen LogP contribution >= 0.6 is 0 Å². The molecule has 0 aliphatic heterocycles. The largest absolute Gasteiger partial charge is 0.469 e. The molecule has 3 rings (SSSR count). The van der Waals surface area contributed by atoms with E-state index in [0.29, 0.717) is 4.90 Å². The smallest absolute Gasteiger partial charge is 0.241 e. The molecule has 0 saturated carbocycles. The number of fused-ring (bicyclic) bond motifs is 1. The van der Waals surface area contributed by atoms with Crippen LogP contribution in [0.4, 0.5) is 0 Å². The molecule has 0 bridgehead atoms. The molecular weight excluding hydrogens is 286 g/mol. The molecule has 4 nitrogen and oxygen atoms in total. The molecule has 21 heavy (non-hydrogen) atoms. The molecule has 1 atom stereocenters. The Bertz CT molecular complexity index is 762. The summed E-state index contributed by atoms with van der Waals surface area (Å²) < 4.78 is 33.3. The van der Waals surface area contributed by atoms with Crippen LogP contribution in [-0.2, 0) is 16.4 Å². The lowest BCUT2D eigenvalue weighted by molar-refractivity contribution is 0.438. The highest BCUT2D eigenvalue weighted by Crippen LogP contribution is 2.31. The molecule has 1 aromatic heterocycles. The van der Waals surface area contributed by atoms with Crippen molar-refractivity contribution in [2.45, 2.75) is 44.0 Å². The van der Waals surface area contributed by atoms with Crippen LogP contribution < -0.4 is 4.72 Å². The maximum Gasteiger partial charge on any atom is 0.241 e. The molecule has 0 saturated heterocycles. The number of benzene rings is 1. The lowest BCUT2D eigenvalue weighted by Gasteiger charge is -2.22. The molecule has 2 aromatic rings. The van der Waals surface area contributed by atoms with E-state index < -0.39 is 10.0 Å². The molecule has 1 aromatic carbocycles. The highest BCUT2D eigenvalue weighted by molar-refractivity contribution is 7.89. The first-order valence-corrected chi connectivity index (χ1v) is 8.61. The quantitative estimate of drug-likeness (QED) is 0.947. The summed E-state index contributed by atoms with van der Waals surface area (Å²) >= 11 is 0. The van der Waals surface area contributed by atoms with Crippen molar-refractivity contribution in [3.63, 3.8) is 0 Å². The Morgan fingerprint density at radius 3 is 2.76 bits per heavy atom. The van der Waals surface area contributed by atoms with Gasteiger partial charge >= 0.3 is 0 Å². The maximum atomic E-state index is 12.6. The second kappa shape index (κ2) is 5.31. The lowest BCUT2D eigenvalue weighted by atomic mass is 9.94. The van der Waals surface area contributed by atoms with Gasteiger partial charge in [-0.2, -0.15) is 0 Å². The van der Waals surface area contributed by atoms with Gasteiger partial charge in [-0.15, -0.1) is 0 Å². The third kappa shape index (κ3) is 2.76. The average Bonchev–Trinajstić information content (AvgIpc) is 2.91. The van der Waals surface area contributed by atoms with Gasteiger partial charge in [-0.25, -0.2) is 13.1 Å². The predicted octanol–water partition coefficient (Wildman–Crippen LogP) is 3.25. The van der Waals surface area contributed by atoms with Crippen LogP contribution in [0.5, 0.6) is 0 Å². The third-order valence-corrected chi connectivity index (χ3v) is 5.61. The SMILES string of the molecule is Cc1ccc(S(=O)(=O)N[C@H]2CCCc3occc32)cc1C. The molecular formula is C16H19NO3S. The molecule has 5 heteroatoms. The molecule has 112 valence electrons. The molecule has 0 unspecified atom stereocenters. The lowest BCUT2D eigenvalue weighted by Crippen LogP contribution is -2.30. The maximum absolute atomic E-state index is 12.6. The minimum absolute atomic E-state index is 0.195. The van der Waals surface area contributed by atoms with E-state index in [1.54, 1.807) is 18.4 Å². The van der Waals surface area contributed by atoms with E-state index in [1.807, 2.05) is 26.0 Å². The van der Waals surface area contributed by atoms with E-state index >= 15 is 0 Å². The van der Waals surface area contributed by atoms with Crippen molar-refractivity contribution >= 4 is 10.0 Å². The van der Waals surface area contributed by atoms with Crippen molar-refractivity contribution in [3.8, 4) is 0 Å². The van der Waals surface area contributed by atoms with Crippen molar-refractivity contribution in [3.05, 3.63) is 53.0 Å². The summed E-state index contributed by atoms with van der Waals surface area (Å²) in [6, 6.07) is 6.88. The molecule has 1 N–H and O–H groups in total. The van der Waals surface area contributed by atoms with Crippen LogP contribution in [0.3, 0.4) is 0 Å². The van der Waals surface area contributed by atoms with E-state index in [2.05, 4.69) is 4.72 Å². The van der Waals surface area contributed by atoms with Gasteiger partial charge < -0.3 is 4.42 Å². The first-order valence-electron chi connectivity index (χ1n) is 7.13. The number of nitrogens with one attached hydrogen (secondary N) is 1. The summed E-state index contributed by atoms with van der Waals surface area (Å²) in [4.78, 5) is 0.321. The van der Waals surface area contributed by atoms with Crippen molar-refractivity contribution in [1.82, 2.24) is 4.72 Å². The molecule has 0 amide bonds. The Kier molecular flexibility index (Phi) is 3.63. The zero-order chi connectivity index (χ0) is 15.0. The Labute approximate surface area is 125 Å². The zero-order valence-corrected chi connectivity index (χ0v) is 13.0. The van der Waals surface area contributed by atoms with Gasteiger partial charge in [-0.3, -0.25) is 0 Å². The average molecular weight is 305 g/mol. The van der Waals surface area contributed by atoms with Gasteiger partial charge in [0.25, 0.3) is 0 Å². The van der Waals surface area contributed by atoms with E-state index in [-0.39, 0.29) is 6.04 Å². The Balaban J connectivity index is 1.89. The molecule has 0 fully saturated rings. The number of hydrogen-bond acceptors (Lipinski definition) is 3. The fourth-order valence-electron chi connectivity index (χ4n) is 2.75. The van der Waals surface area contributed by atoms with Crippen molar-refractivity contribution in [2.75, 3.05) is 0 Å². The van der Waals surface area contributed by atoms with Crippen LogP contribution in [0.15, 0.2) is 39.8 Å². The van der Waals surface area contributed by atoms with E-state index in [4.69, 9.17) is 4.42 Å².